The highest BCUT2D eigenvalue weighted by Gasteiger charge is 2.27. The molecule has 2 amide bonds. The third kappa shape index (κ3) is 6.82. The molecule has 0 aliphatic carbocycles. The van der Waals surface area contributed by atoms with Crippen LogP contribution in [0, 0.1) is 0 Å². The maximum absolute atomic E-state index is 13.0. The average molecular weight is 703 g/mol. The van der Waals surface area contributed by atoms with Gasteiger partial charge >= 0.3 is 5.63 Å². The molecule has 248 valence electrons. The van der Waals surface area contributed by atoms with Gasteiger partial charge in [0.2, 0.25) is 5.89 Å². The maximum atomic E-state index is 13.0. The molecular formula is C40H29Cl2N3O5. The molecule has 1 atom stereocenters. The lowest BCUT2D eigenvalue weighted by Crippen LogP contribution is -2.30. The summed E-state index contributed by atoms with van der Waals surface area (Å²) in [6, 6.07) is 36.7. The largest absolute Gasteiger partial charge is 0.403 e. The molecule has 1 aliphatic rings. The van der Waals surface area contributed by atoms with Gasteiger partial charge in [0.25, 0.3) is 11.8 Å². The van der Waals surface area contributed by atoms with E-state index in [1.807, 2.05) is 78.9 Å². The normalized spacial score (nSPS) is 14.1. The topological polar surface area (TPSA) is 113 Å². The van der Waals surface area contributed by atoms with Crippen LogP contribution in [0.3, 0.4) is 0 Å². The molecule has 1 saturated heterocycles. The van der Waals surface area contributed by atoms with Crippen LogP contribution in [-0.4, -0.2) is 46.0 Å². The first kappa shape index (κ1) is 33.0. The zero-order valence-corrected chi connectivity index (χ0v) is 28.0. The number of halogens is 2. The third-order valence-electron chi connectivity index (χ3n) is 8.56. The Kier molecular flexibility index (Phi) is 9.32. The van der Waals surface area contributed by atoms with Gasteiger partial charge in [-0.25, -0.2) is 9.78 Å². The fourth-order valence-corrected chi connectivity index (χ4v) is 6.43. The fourth-order valence-electron chi connectivity index (χ4n) is 6.08. The summed E-state index contributed by atoms with van der Waals surface area (Å²) in [5.74, 6) is -0.237. The monoisotopic (exact) mass is 701 g/mol. The van der Waals surface area contributed by atoms with Gasteiger partial charge in [0.15, 0.2) is 0 Å². The number of rotatable bonds is 4. The Labute approximate surface area is 296 Å². The zero-order chi connectivity index (χ0) is 34.8. The summed E-state index contributed by atoms with van der Waals surface area (Å²) >= 11 is 12.0. The number of amides is 2. The van der Waals surface area contributed by atoms with Crippen molar-refractivity contribution >= 4 is 73.2 Å². The minimum atomic E-state index is -0.517. The summed E-state index contributed by atoms with van der Waals surface area (Å²) in [5.41, 5.74) is 2.18. The zero-order valence-electron chi connectivity index (χ0n) is 26.5. The maximum Gasteiger partial charge on any atom is 0.347 e. The van der Waals surface area contributed by atoms with Crippen LogP contribution >= 0.6 is 23.2 Å². The molecule has 8 nitrogen and oxygen atoms in total. The van der Waals surface area contributed by atoms with Crippen LogP contribution < -0.4 is 10.9 Å². The van der Waals surface area contributed by atoms with E-state index in [1.54, 1.807) is 47.4 Å². The summed E-state index contributed by atoms with van der Waals surface area (Å²) < 4.78 is 5.41. The number of hydrogen-bond donors (Lipinski definition) is 2. The van der Waals surface area contributed by atoms with Gasteiger partial charge in [-0.2, -0.15) is 0 Å². The summed E-state index contributed by atoms with van der Waals surface area (Å²) in [7, 11) is 0. The molecule has 1 aromatic heterocycles. The summed E-state index contributed by atoms with van der Waals surface area (Å²) in [6.45, 7) is 0.755. The van der Waals surface area contributed by atoms with Crippen LogP contribution in [0.25, 0.3) is 43.9 Å². The SMILES string of the molecule is O=C(Nc1ccc(Cl)cc1C(=O)N1CCC(O)C1)c1cccc2ccccc12.O=c1oc(-c2cccc3ccccc23)nc2ccc(Cl)cc12. The van der Waals surface area contributed by atoms with E-state index in [9.17, 15) is 19.5 Å². The lowest BCUT2D eigenvalue weighted by atomic mass is 10.0. The standard InChI is InChI=1S/C22H19ClN2O3.C18H10ClNO2/c23-15-8-9-20(19(12-15)22(28)25-11-10-16(26)13-25)24-21(27)18-7-3-5-14-4-1-2-6-17(14)18;19-12-8-9-16-15(10-12)18(21)22-17(20-16)14-7-3-5-11-4-1-2-6-13(11)14/h1-9,12,16,26H,10-11,13H2,(H,24,27);1-10H. The molecule has 1 unspecified atom stereocenters. The Morgan fingerprint density at radius 2 is 1.42 bits per heavy atom. The number of aliphatic hydroxyl groups is 1. The molecule has 1 fully saturated rings. The van der Waals surface area contributed by atoms with Crippen LogP contribution in [0.2, 0.25) is 10.0 Å². The second-order valence-corrected chi connectivity index (χ2v) is 12.7. The number of aliphatic hydroxyl groups excluding tert-OH is 1. The minimum absolute atomic E-state index is 0.257. The number of nitrogens with one attached hydrogen (secondary N) is 1. The van der Waals surface area contributed by atoms with E-state index in [1.165, 1.54) is 0 Å². The molecule has 2 N–H and O–H groups in total. The number of carbonyl (C=O) groups is 2. The summed E-state index contributed by atoms with van der Waals surface area (Å²) in [6.07, 6.45) is 0.0288. The van der Waals surface area contributed by atoms with Gasteiger partial charge in [-0.3, -0.25) is 9.59 Å². The van der Waals surface area contributed by atoms with Crippen molar-refractivity contribution in [1.29, 1.82) is 0 Å². The molecule has 50 heavy (non-hydrogen) atoms. The number of fused-ring (bicyclic) bond motifs is 3. The lowest BCUT2D eigenvalue weighted by molar-refractivity contribution is 0.0766. The van der Waals surface area contributed by atoms with Gasteiger partial charge < -0.3 is 19.7 Å². The van der Waals surface area contributed by atoms with Crippen molar-refractivity contribution in [1.82, 2.24) is 9.88 Å². The predicted molar refractivity (Wildman–Crippen MR) is 198 cm³/mol. The van der Waals surface area contributed by atoms with E-state index in [0.717, 1.165) is 27.1 Å². The number of benzene rings is 6. The fraction of sp³-hybridized carbons (Fsp3) is 0.100. The number of hydrogen-bond acceptors (Lipinski definition) is 6. The van der Waals surface area contributed by atoms with E-state index in [2.05, 4.69) is 10.3 Å². The molecule has 2 heterocycles. The van der Waals surface area contributed by atoms with Crippen LogP contribution in [0.4, 0.5) is 5.69 Å². The number of carbonyl (C=O) groups excluding carboxylic acids is 2. The molecule has 1 aliphatic heterocycles. The molecule has 0 bridgehead atoms. The Morgan fingerprint density at radius 3 is 2.18 bits per heavy atom. The Balaban J connectivity index is 0.000000161. The number of aromatic nitrogens is 1. The Hall–Kier alpha value is -5.54. The van der Waals surface area contributed by atoms with Crippen LogP contribution in [-0.2, 0) is 0 Å². The molecule has 0 radical (unpaired) electrons. The van der Waals surface area contributed by atoms with Crippen molar-refractivity contribution < 1.29 is 19.1 Å². The van der Waals surface area contributed by atoms with Gasteiger partial charge in [0, 0.05) is 34.3 Å². The van der Waals surface area contributed by atoms with Crippen LogP contribution in [0.1, 0.15) is 27.1 Å². The van der Waals surface area contributed by atoms with Crippen molar-refractivity contribution in [3.05, 3.63) is 153 Å². The van der Waals surface area contributed by atoms with E-state index in [4.69, 9.17) is 27.6 Å². The predicted octanol–water partition coefficient (Wildman–Crippen LogP) is 8.61. The molecular weight excluding hydrogens is 673 g/mol. The highest BCUT2D eigenvalue weighted by molar-refractivity contribution is 6.31. The van der Waals surface area contributed by atoms with Crippen molar-refractivity contribution in [2.45, 2.75) is 12.5 Å². The summed E-state index contributed by atoms with van der Waals surface area (Å²) in [5, 5.41) is 17.7. The van der Waals surface area contributed by atoms with Gasteiger partial charge in [0.1, 0.15) is 0 Å². The highest BCUT2D eigenvalue weighted by Crippen LogP contribution is 2.29. The van der Waals surface area contributed by atoms with Crippen LogP contribution in [0.15, 0.2) is 131 Å². The molecule has 0 saturated carbocycles. The van der Waals surface area contributed by atoms with Gasteiger partial charge in [-0.05, 0) is 76.5 Å². The van der Waals surface area contributed by atoms with E-state index in [-0.39, 0.29) is 18.4 Å². The lowest BCUT2D eigenvalue weighted by Gasteiger charge is -2.18. The van der Waals surface area contributed by atoms with Gasteiger partial charge in [-0.15, -0.1) is 0 Å². The second kappa shape index (κ2) is 14.1. The molecule has 10 heteroatoms. The average Bonchev–Trinajstić information content (AvgIpc) is 3.58. The van der Waals surface area contributed by atoms with Crippen molar-refractivity contribution in [2.24, 2.45) is 0 Å². The molecule has 8 rings (SSSR count). The number of likely N-dealkylation sites (tertiary alicyclic amines) is 1. The highest BCUT2D eigenvalue weighted by atomic mass is 35.5. The smallest absolute Gasteiger partial charge is 0.347 e. The number of nitrogens with zero attached hydrogens (tertiary/aromatic N) is 2. The first-order valence-electron chi connectivity index (χ1n) is 15.9. The minimum Gasteiger partial charge on any atom is -0.403 e. The van der Waals surface area contributed by atoms with Crippen LogP contribution in [0.5, 0.6) is 0 Å². The summed E-state index contributed by atoms with van der Waals surface area (Å²) in [4.78, 5) is 44.1. The first-order valence-corrected chi connectivity index (χ1v) is 16.7. The van der Waals surface area contributed by atoms with Gasteiger partial charge in [-0.1, -0.05) is 96.0 Å². The molecule has 0 spiro atoms. The van der Waals surface area contributed by atoms with E-state index in [0.29, 0.717) is 56.6 Å². The third-order valence-corrected chi connectivity index (χ3v) is 9.03. The Morgan fingerprint density at radius 1 is 0.760 bits per heavy atom. The number of β-amino-alcohol motifs (C(OH)–C–C–N with tert-alkyl or cyclic N) is 1. The molecule has 7 aromatic rings. The van der Waals surface area contributed by atoms with Crippen molar-refractivity contribution in [3.63, 3.8) is 0 Å². The van der Waals surface area contributed by atoms with E-state index >= 15 is 0 Å². The van der Waals surface area contributed by atoms with Crippen molar-refractivity contribution in [3.8, 4) is 11.5 Å². The quantitative estimate of drug-likeness (QED) is 0.190. The van der Waals surface area contributed by atoms with Crippen molar-refractivity contribution in [2.75, 3.05) is 18.4 Å². The second-order valence-electron chi connectivity index (χ2n) is 11.9. The molecule has 6 aromatic carbocycles. The van der Waals surface area contributed by atoms with Gasteiger partial charge in [0.05, 0.1) is 28.3 Å². The number of anilines is 1. The Bertz CT molecular complexity index is 2470. The first-order chi connectivity index (χ1) is 24.2. The van der Waals surface area contributed by atoms with E-state index < -0.39 is 11.7 Å².